The average Bonchev–Trinajstić information content (AvgIpc) is 2.27. The summed E-state index contributed by atoms with van der Waals surface area (Å²) in [5.41, 5.74) is 1.81. The van der Waals surface area contributed by atoms with Crippen molar-refractivity contribution in [3.8, 4) is 11.8 Å². The van der Waals surface area contributed by atoms with Gasteiger partial charge >= 0.3 is 0 Å². The maximum absolute atomic E-state index is 8.79. The van der Waals surface area contributed by atoms with Crippen LogP contribution >= 0.6 is 0 Å². The highest BCUT2D eigenvalue weighted by atomic mass is 16.5. The van der Waals surface area contributed by atoms with Gasteiger partial charge in [0.1, 0.15) is 5.75 Å². The Morgan fingerprint density at radius 1 is 1.50 bits per heavy atom. The molecule has 0 aliphatic heterocycles. The van der Waals surface area contributed by atoms with Crippen molar-refractivity contribution in [2.24, 2.45) is 0 Å². The van der Waals surface area contributed by atoms with Crippen molar-refractivity contribution in [1.29, 1.82) is 5.26 Å². The molecule has 74 valence electrons. The molecule has 14 heavy (non-hydrogen) atoms. The number of methoxy groups -OCH3 is 1. The summed E-state index contributed by atoms with van der Waals surface area (Å²) in [5, 5.41) is 8.79. The Bertz CT molecular complexity index is 352. The van der Waals surface area contributed by atoms with Crippen molar-refractivity contribution in [2.45, 2.75) is 26.2 Å². The zero-order chi connectivity index (χ0) is 10.6. The van der Waals surface area contributed by atoms with Crippen molar-refractivity contribution < 1.29 is 4.74 Å². The van der Waals surface area contributed by atoms with Gasteiger partial charge in [0.2, 0.25) is 0 Å². The lowest BCUT2D eigenvalue weighted by Crippen LogP contribution is -1.97. The van der Waals surface area contributed by atoms with Gasteiger partial charge in [-0.05, 0) is 36.1 Å². The third-order valence-corrected chi connectivity index (χ3v) is 2.50. The molecule has 0 aliphatic carbocycles. The van der Waals surface area contributed by atoms with Gasteiger partial charge < -0.3 is 4.74 Å². The lowest BCUT2D eigenvalue weighted by molar-refractivity contribution is 0.406. The first-order valence-electron chi connectivity index (χ1n) is 4.81. The molecule has 1 unspecified atom stereocenters. The van der Waals surface area contributed by atoms with Crippen LogP contribution in [-0.4, -0.2) is 7.11 Å². The Hall–Kier alpha value is -1.49. The second-order valence-corrected chi connectivity index (χ2v) is 3.38. The van der Waals surface area contributed by atoms with Gasteiger partial charge in [0.05, 0.1) is 18.7 Å². The topological polar surface area (TPSA) is 33.0 Å². The van der Waals surface area contributed by atoms with Gasteiger partial charge in [0, 0.05) is 0 Å². The van der Waals surface area contributed by atoms with Gasteiger partial charge in [-0.3, -0.25) is 0 Å². The number of benzene rings is 1. The lowest BCUT2D eigenvalue weighted by Gasteiger charge is -2.13. The largest absolute Gasteiger partial charge is 0.496 e. The molecule has 0 aromatic heterocycles. The molecule has 0 saturated heterocycles. The van der Waals surface area contributed by atoms with Gasteiger partial charge in [-0.25, -0.2) is 0 Å². The van der Waals surface area contributed by atoms with Crippen LogP contribution in [0.3, 0.4) is 0 Å². The SMILES string of the molecule is CCC(C)c1cc(C#N)ccc1OC. The monoisotopic (exact) mass is 189 g/mol. The van der Waals surface area contributed by atoms with Crippen LogP contribution in [0, 0.1) is 11.3 Å². The minimum absolute atomic E-state index is 0.429. The van der Waals surface area contributed by atoms with E-state index in [4.69, 9.17) is 10.00 Å². The van der Waals surface area contributed by atoms with Crippen LogP contribution < -0.4 is 4.74 Å². The summed E-state index contributed by atoms with van der Waals surface area (Å²) >= 11 is 0. The van der Waals surface area contributed by atoms with E-state index in [0.29, 0.717) is 11.5 Å². The summed E-state index contributed by atoms with van der Waals surface area (Å²) < 4.78 is 5.26. The molecule has 1 aromatic rings. The zero-order valence-corrected chi connectivity index (χ0v) is 8.87. The lowest BCUT2D eigenvalue weighted by atomic mass is 9.96. The number of hydrogen-bond donors (Lipinski definition) is 0. The molecule has 0 heterocycles. The van der Waals surface area contributed by atoms with Crippen LogP contribution in [0.5, 0.6) is 5.75 Å². The van der Waals surface area contributed by atoms with Crippen molar-refractivity contribution in [1.82, 2.24) is 0 Å². The Labute approximate surface area is 85.1 Å². The molecule has 2 heteroatoms. The van der Waals surface area contributed by atoms with Crippen molar-refractivity contribution in [2.75, 3.05) is 7.11 Å². The van der Waals surface area contributed by atoms with E-state index in [9.17, 15) is 0 Å². The second kappa shape index (κ2) is 4.66. The first kappa shape index (κ1) is 10.6. The Balaban J connectivity index is 3.16. The molecular weight excluding hydrogens is 174 g/mol. The van der Waals surface area contributed by atoms with E-state index in [1.807, 2.05) is 12.1 Å². The maximum Gasteiger partial charge on any atom is 0.122 e. The number of nitriles is 1. The molecule has 1 atom stereocenters. The van der Waals surface area contributed by atoms with Crippen LogP contribution in [0.2, 0.25) is 0 Å². The van der Waals surface area contributed by atoms with E-state index >= 15 is 0 Å². The molecule has 1 rings (SSSR count). The predicted molar refractivity (Wildman–Crippen MR) is 56.4 cm³/mol. The first-order chi connectivity index (χ1) is 6.72. The molecule has 2 nitrogen and oxygen atoms in total. The van der Waals surface area contributed by atoms with E-state index < -0.39 is 0 Å². The summed E-state index contributed by atoms with van der Waals surface area (Å²) in [6.07, 6.45) is 1.05. The number of ether oxygens (including phenoxy) is 1. The highest BCUT2D eigenvalue weighted by Gasteiger charge is 2.10. The molecule has 0 N–H and O–H groups in total. The van der Waals surface area contributed by atoms with Crippen LogP contribution in [0.25, 0.3) is 0 Å². The quantitative estimate of drug-likeness (QED) is 0.732. The van der Waals surface area contributed by atoms with E-state index in [2.05, 4.69) is 19.9 Å². The molecule has 0 radical (unpaired) electrons. The standard InChI is InChI=1S/C12H15NO/c1-4-9(2)11-7-10(8-13)5-6-12(11)14-3/h5-7,9H,4H2,1-3H3. The van der Waals surface area contributed by atoms with E-state index in [1.165, 1.54) is 0 Å². The highest BCUT2D eigenvalue weighted by molar-refractivity contribution is 5.43. The highest BCUT2D eigenvalue weighted by Crippen LogP contribution is 2.29. The minimum atomic E-state index is 0.429. The second-order valence-electron chi connectivity index (χ2n) is 3.38. The molecular formula is C12H15NO. The summed E-state index contributed by atoms with van der Waals surface area (Å²) in [4.78, 5) is 0. The van der Waals surface area contributed by atoms with Crippen LogP contribution in [0.1, 0.15) is 37.3 Å². The molecule has 0 bridgehead atoms. The van der Waals surface area contributed by atoms with Crippen molar-refractivity contribution >= 4 is 0 Å². The van der Waals surface area contributed by atoms with Crippen molar-refractivity contribution in [3.63, 3.8) is 0 Å². The van der Waals surface area contributed by atoms with Gasteiger partial charge in [0.25, 0.3) is 0 Å². The van der Waals surface area contributed by atoms with E-state index in [1.54, 1.807) is 13.2 Å². The normalized spacial score (nSPS) is 11.9. The molecule has 0 spiro atoms. The average molecular weight is 189 g/mol. The molecule has 1 aromatic carbocycles. The number of rotatable bonds is 3. The summed E-state index contributed by atoms with van der Waals surface area (Å²) in [5.74, 6) is 1.30. The van der Waals surface area contributed by atoms with Gasteiger partial charge in [-0.2, -0.15) is 5.26 Å². The first-order valence-corrected chi connectivity index (χ1v) is 4.81. The summed E-state index contributed by atoms with van der Waals surface area (Å²) in [7, 11) is 1.66. The van der Waals surface area contributed by atoms with Gasteiger partial charge in [-0.15, -0.1) is 0 Å². The maximum atomic E-state index is 8.79. The molecule has 0 fully saturated rings. The minimum Gasteiger partial charge on any atom is -0.496 e. The zero-order valence-electron chi connectivity index (χ0n) is 8.87. The summed E-state index contributed by atoms with van der Waals surface area (Å²) in [6.45, 7) is 4.27. The number of nitrogens with zero attached hydrogens (tertiary/aromatic N) is 1. The Kier molecular flexibility index (Phi) is 3.53. The van der Waals surface area contributed by atoms with Crippen molar-refractivity contribution in [3.05, 3.63) is 29.3 Å². The Morgan fingerprint density at radius 3 is 2.71 bits per heavy atom. The Morgan fingerprint density at radius 2 is 2.21 bits per heavy atom. The van der Waals surface area contributed by atoms with E-state index in [0.717, 1.165) is 17.7 Å². The fourth-order valence-electron chi connectivity index (χ4n) is 1.41. The molecule has 0 aliphatic rings. The fraction of sp³-hybridized carbons (Fsp3) is 0.417. The summed E-state index contributed by atoms with van der Waals surface area (Å²) in [6, 6.07) is 7.70. The van der Waals surface area contributed by atoms with Gasteiger partial charge in [0.15, 0.2) is 0 Å². The smallest absolute Gasteiger partial charge is 0.122 e. The van der Waals surface area contributed by atoms with Gasteiger partial charge in [-0.1, -0.05) is 13.8 Å². The third kappa shape index (κ3) is 2.05. The van der Waals surface area contributed by atoms with E-state index in [-0.39, 0.29) is 0 Å². The third-order valence-electron chi connectivity index (χ3n) is 2.50. The van der Waals surface area contributed by atoms with Crippen LogP contribution in [-0.2, 0) is 0 Å². The van der Waals surface area contributed by atoms with Crippen LogP contribution in [0.4, 0.5) is 0 Å². The predicted octanol–water partition coefficient (Wildman–Crippen LogP) is 3.08. The molecule has 0 saturated carbocycles. The van der Waals surface area contributed by atoms with Crippen LogP contribution in [0.15, 0.2) is 18.2 Å². The fourth-order valence-corrected chi connectivity index (χ4v) is 1.41. The number of hydrogen-bond acceptors (Lipinski definition) is 2. The molecule has 0 amide bonds.